The molecule has 2 aliphatic rings. The molecule has 2 unspecified atom stereocenters. The number of benzene rings is 2. The number of thiocarbonyl (C=S) groups is 1. The largest absolute Gasteiger partial charge is 0.480 e. The molecule has 3 amide bonds. The second kappa shape index (κ2) is 9.12. The number of amides is 3. The first-order chi connectivity index (χ1) is 16.8. The van der Waals surface area contributed by atoms with Crippen molar-refractivity contribution in [1.82, 2.24) is 14.8 Å². The lowest BCUT2D eigenvalue weighted by atomic mass is 10.0. The molecular formula is C25H19N3O5S2. The number of hydrogen-bond donors (Lipinski definition) is 2. The number of carbonyl (C=O) groups excluding carboxylic acids is 3. The number of aliphatic carboxylic acids is 1. The lowest BCUT2D eigenvalue weighted by Crippen LogP contribution is -2.50. The summed E-state index contributed by atoms with van der Waals surface area (Å²) in [5.74, 6) is -3.15. The number of aromatic nitrogens is 1. The number of para-hydroxylation sites is 1. The monoisotopic (exact) mass is 505 g/mol. The minimum Gasteiger partial charge on any atom is -0.480 e. The Hall–Kier alpha value is -3.76. The van der Waals surface area contributed by atoms with E-state index in [1.807, 2.05) is 54.6 Å². The van der Waals surface area contributed by atoms with Gasteiger partial charge in [0, 0.05) is 23.5 Å². The van der Waals surface area contributed by atoms with Gasteiger partial charge in [0.25, 0.3) is 11.8 Å². The molecule has 2 aliphatic heterocycles. The van der Waals surface area contributed by atoms with Gasteiger partial charge in [0.05, 0.1) is 11.3 Å². The lowest BCUT2D eigenvalue weighted by molar-refractivity contribution is -0.154. The van der Waals surface area contributed by atoms with Crippen LogP contribution in [0.15, 0.2) is 65.7 Å². The summed E-state index contributed by atoms with van der Waals surface area (Å²) < 4.78 is 0.161. The van der Waals surface area contributed by atoms with Crippen molar-refractivity contribution < 1.29 is 24.3 Å². The van der Waals surface area contributed by atoms with Crippen LogP contribution < -0.4 is 0 Å². The zero-order valence-corrected chi connectivity index (χ0v) is 19.8. The molecule has 8 nitrogen and oxygen atoms in total. The summed E-state index contributed by atoms with van der Waals surface area (Å²) in [4.78, 5) is 56.9. The average Bonchev–Trinajstić information content (AvgIpc) is 3.46. The molecule has 0 aliphatic carbocycles. The summed E-state index contributed by atoms with van der Waals surface area (Å²) in [6.45, 7) is 0. The number of nitrogens with zero attached hydrogens (tertiary/aromatic N) is 2. The summed E-state index contributed by atoms with van der Waals surface area (Å²) in [6, 6.07) is 14.0. The van der Waals surface area contributed by atoms with Crippen molar-refractivity contribution in [2.24, 2.45) is 0 Å². The number of carboxylic acid groups (broad SMARTS) is 1. The smallest absolute Gasteiger partial charge is 0.327 e. The minimum absolute atomic E-state index is 0.0597. The third-order valence-corrected chi connectivity index (χ3v) is 7.41. The van der Waals surface area contributed by atoms with Gasteiger partial charge in [-0.05, 0) is 23.3 Å². The van der Waals surface area contributed by atoms with Crippen molar-refractivity contribution in [2.75, 3.05) is 0 Å². The number of carboxylic acids is 1. The maximum absolute atomic E-state index is 13.3. The van der Waals surface area contributed by atoms with E-state index in [9.17, 15) is 24.3 Å². The summed E-state index contributed by atoms with van der Waals surface area (Å²) in [6.07, 6.45) is 2.98. The van der Waals surface area contributed by atoms with E-state index in [0.717, 1.165) is 38.0 Å². The van der Waals surface area contributed by atoms with E-state index >= 15 is 0 Å². The van der Waals surface area contributed by atoms with E-state index in [4.69, 9.17) is 12.2 Å². The highest BCUT2D eigenvalue weighted by Crippen LogP contribution is 2.37. The Kier molecular flexibility index (Phi) is 6.00. The van der Waals surface area contributed by atoms with E-state index in [-0.39, 0.29) is 17.2 Å². The average molecular weight is 506 g/mol. The van der Waals surface area contributed by atoms with Crippen molar-refractivity contribution >= 4 is 69.0 Å². The first-order valence-corrected chi connectivity index (χ1v) is 12.0. The van der Waals surface area contributed by atoms with Gasteiger partial charge in [-0.3, -0.25) is 24.2 Å². The Morgan fingerprint density at radius 3 is 2.60 bits per heavy atom. The van der Waals surface area contributed by atoms with E-state index in [0.29, 0.717) is 10.5 Å². The zero-order valence-electron chi connectivity index (χ0n) is 18.2. The molecule has 2 atom stereocenters. The minimum atomic E-state index is -1.41. The highest BCUT2D eigenvalue weighted by atomic mass is 32.2. The predicted molar refractivity (Wildman–Crippen MR) is 135 cm³/mol. The zero-order chi connectivity index (χ0) is 24.7. The van der Waals surface area contributed by atoms with Gasteiger partial charge in [0.2, 0.25) is 5.91 Å². The number of hydrogen-bond acceptors (Lipinski definition) is 6. The molecule has 2 aromatic carbocycles. The number of likely N-dealkylation sites (tertiary alicyclic amines) is 1. The van der Waals surface area contributed by atoms with Crippen LogP contribution in [0, 0.1) is 0 Å². The van der Waals surface area contributed by atoms with Gasteiger partial charge in [-0.1, -0.05) is 72.5 Å². The van der Waals surface area contributed by atoms with Crippen LogP contribution in [0.3, 0.4) is 0 Å². The van der Waals surface area contributed by atoms with Crippen LogP contribution in [-0.4, -0.2) is 60.0 Å². The van der Waals surface area contributed by atoms with Crippen LogP contribution in [0.25, 0.3) is 17.0 Å². The molecule has 2 fully saturated rings. The number of imide groups is 1. The van der Waals surface area contributed by atoms with Crippen LogP contribution in [0.5, 0.6) is 0 Å². The Labute approximate surface area is 209 Å². The summed E-state index contributed by atoms with van der Waals surface area (Å²) in [5.41, 5.74) is 2.30. The Bertz CT molecular complexity index is 1410. The molecule has 0 saturated carbocycles. The van der Waals surface area contributed by atoms with Crippen molar-refractivity contribution in [2.45, 2.75) is 24.9 Å². The Morgan fingerprint density at radius 2 is 1.86 bits per heavy atom. The van der Waals surface area contributed by atoms with Crippen LogP contribution in [0.4, 0.5) is 0 Å². The number of nitrogens with one attached hydrogen (secondary N) is 1. The van der Waals surface area contributed by atoms with Gasteiger partial charge in [0.15, 0.2) is 0 Å². The highest BCUT2D eigenvalue weighted by Gasteiger charge is 2.51. The van der Waals surface area contributed by atoms with E-state index < -0.39 is 35.8 Å². The van der Waals surface area contributed by atoms with Gasteiger partial charge < -0.3 is 10.1 Å². The van der Waals surface area contributed by atoms with Gasteiger partial charge in [-0.25, -0.2) is 4.79 Å². The SMILES string of the molecule is O=C(O)C(Cc1c[nH]c2ccccc12)N1C(=O)CC(N2C(=O)C(=Cc3ccccc3)SC2=S)C1=O. The molecular weight excluding hydrogens is 486 g/mol. The molecule has 35 heavy (non-hydrogen) atoms. The Morgan fingerprint density at radius 1 is 1.14 bits per heavy atom. The van der Waals surface area contributed by atoms with Crippen molar-refractivity contribution in [3.05, 3.63) is 76.8 Å². The van der Waals surface area contributed by atoms with E-state index in [1.165, 1.54) is 0 Å². The molecule has 3 heterocycles. The van der Waals surface area contributed by atoms with Crippen molar-refractivity contribution in [1.29, 1.82) is 0 Å². The lowest BCUT2D eigenvalue weighted by Gasteiger charge is -2.25. The molecule has 176 valence electrons. The van der Waals surface area contributed by atoms with Crippen molar-refractivity contribution in [3.8, 4) is 0 Å². The number of H-pyrrole nitrogens is 1. The third kappa shape index (κ3) is 4.15. The molecule has 2 N–H and O–H groups in total. The highest BCUT2D eigenvalue weighted by molar-refractivity contribution is 8.26. The summed E-state index contributed by atoms with van der Waals surface area (Å²) in [7, 11) is 0. The third-order valence-electron chi connectivity index (χ3n) is 6.08. The molecule has 2 saturated heterocycles. The second-order valence-electron chi connectivity index (χ2n) is 8.20. The number of aromatic amines is 1. The molecule has 1 aromatic heterocycles. The van der Waals surface area contributed by atoms with Gasteiger partial charge >= 0.3 is 5.97 Å². The fraction of sp³-hybridized carbons (Fsp3) is 0.160. The number of carbonyl (C=O) groups is 4. The maximum atomic E-state index is 13.3. The molecule has 5 rings (SSSR count). The molecule has 0 radical (unpaired) electrons. The van der Waals surface area contributed by atoms with Gasteiger partial charge in [0.1, 0.15) is 16.4 Å². The summed E-state index contributed by atoms with van der Waals surface area (Å²) in [5, 5.41) is 10.7. The number of rotatable bonds is 6. The van der Waals surface area contributed by atoms with Crippen LogP contribution in [0.2, 0.25) is 0 Å². The van der Waals surface area contributed by atoms with Gasteiger partial charge in [-0.15, -0.1) is 0 Å². The molecule has 0 bridgehead atoms. The predicted octanol–water partition coefficient (Wildman–Crippen LogP) is 3.19. The fourth-order valence-electron chi connectivity index (χ4n) is 4.41. The maximum Gasteiger partial charge on any atom is 0.327 e. The van der Waals surface area contributed by atoms with Crippen LogP contribution in [0.1, 0.15) is 17.5 Å². The Balaban J connectivity index is 1.41. The van der Waals surface area contributed by atoms with Gasteiger partial charge in [-0.2, -0.15) is 0 Å². The second-order valence-corrected chi connectivity index (χ2v) is 9.88. The van der Waals surface area contributed by atoms with Crippen molar-refractivity contribution in [3.63, 3.8) is 0 Å². The quantitative estimate of drug-likeness (QED) is 0.301. The molecule has 0 spiro atoms. The summed E-state index contributed by atoms with van der Waals surface area (Å²) >= 11 is 6.42. The fourth-order valence-corrected chi connectivity index (χ4v) is 5.77. The first-order valence-electron chi connectivity index (χ1n) is 10.8. The topological polar surface area (TPSA) is 111 Å². The normalized spacial score (nSPS) is 20.5. The first kappa shape index (κ1) is 23.0. The molecule has 3 aromatic rings. The van der Waals surface area contributed by atoms with E-state index in [1.54, 1.807) is 12.3 Å². The van der Waals surface area contributed by atoms with E-state index in [2.05, 4.69) is 4.98 Å². The number of fused-ring (bicyclic) bond motifs is 1. The number of thioether (sulfide) groups is 1. The van der Waals surface area contributed by atoms with Crippen LogP contribution >= 0.6 is 24.0 Å². The standard InChI is InChI=1S/C25H19N3O5S2/c29-21-12-18(28-23(31)20(35-25(28)34)10-14-6-2-1-3-7-14)22(30)27(21)19(24(32)33)11-15-13-26-17-9-5-4-8-16(15)17/h1-10,13,18-19,26H,11-12H2,(H,32,33). The molecule has 10 heteroatoms. The van der Waals surface area contributed by atoms with Crippen LogP contribution in [-0.2, 0) is 25.6 Å².